The molecule has 2 heterocycles. The number of thioether (sulfide) groups is 1. The fourth-order valence-corrected chi connectivity index (χ4v) is 4.27. The Labute approximate surface area is 192 Å². The summed E-state index contributed by atoms with van der Waals surface area (Å²) in [6.45, 7) is 2.16. The Morgan fingerprint density at radius 3 is 2.47 bits per heavy atom. The van der Waals surface area contributed by atoms with E-state index in [0.29, 0.717) is 19.2 Å². The lowest BCUT2D eigenvalue weighted by molar-refractivity contribution is -0.348. The van der Waals surface area contributed by atoms with Gasteiger partial charge in [0.25, 0.3) is 0 Å². The average Bonchev–Trinajstić information content (AvgIpc) is 2.82. The van der Waals surface area contributed by atoms with E-state index in [9.17, 15) is 4.79 Å². The van der Waals surface area contributed by atoms with E-state index in [2.05, 4.69) is 5.32 Å². The van der Waals surface area contributed by atoms with Gasteiger partial charge in [-0.2, -0.15) is 0 Å². The number of carbonyl (C=O) groups is 1. The predicted molar refractivity (Wildman–Crippen MR) is 121 cm³/mol. The standard InChI is InChI=1S/C24H29NO6S/c1-16(26)25-20-22(29-15-32-2)21-19(14-28-23(31-21)18-11-7-4-8-12-18)30-24(20)27-13-17-9-5-3-6-10-17/h3-12,19-24H,13-15H2,1-2H3,(H,25,26)/t19-,20-,21-,22-,23-,24+/m1/s1. The van der Waals surface area contributed by atoms with Crippen LogP contribution in [0.2, 0.25) is 0 Å². The molecule has 1 amide bonds. The first-order valence-corrected chi connectivity index (χ1v) is 12.1. The van der Waals surface area contributed by atoms with Gasteiger partial charge in [-0.15, -0.1) is 11.8 Å². The summed E-state index contributed by atoms with van der Waals surface area (Å²) in [5.41, 5.74) is 1.94. The maximum Gasteiger partial charge on any atom is 0.217 e. The summed E-state index contributed by atoms with van der Waals surface area (Å²) in [7, 11) is 0. The van der Waals surface area contributed by atoms with Crippen molar-refractivity contribution in [3.05, 3.63) is 71.8 Å². The highest BCUT2D eigenvalue weighted by molar-refractivity contribution is 7.98. The van der Waals surface area contributed by atoms with Gasteiger partial charge in [-0.25, -0.2) is 0 Å². The lowest BCUT2D eigenvalue weighted by Gasteiger charge is -2.49. The normalized spacial score (nSPS) is 29.8. The fourth-order valence-electron chi connectivity index (χ4n) is 3.98. The Kier molecular flexibility index (Phi) is 8.18. The molecule has 0 radical (unpaired) electrons. The summed E-state index contributed by atoms with van der Waals surface area (Å²) in [4.78, 5) is 12.0. The largest absolute Gasteiger partial charge is 0.362 e. The average molecular weight is 460 g/mol. The van der Waals surface area contributed by atoms with Crippen molar-refractivity contribution in [2.45, 2.75) is 50.5 Å². The highest BCUT2D eigenvalue weighted by Crippen LogP contribution is 2.36. The van der Waals surface area contributed by atoms with Crippen LogP contribution in [0.1, 0.15) is 24.3 Å². The van der Waals surface area contributed by atoms with Crippen molar-refractivity contribution in [1.29, 1.82) is 0 Å². The summed E-state index contributed by atoms with van der Waals surface area (Å²) in [5, 5.41) is 2.97. The maximum absolute atomic E-state index is 12.0. The van der Waals surface area contributed by atoms with E-state index in [1.54, 1.807) is 11.8 Å². The quantitative estimate of drug-likeness (QED) is 0.608. The van der Waals surface area contributed by atoms with Gasteiger partial charge in [0.05, 0.1) is 19.2 Å². The molecule has 0 aromatic heterocycles. The zero-order valence-electron chi connectivity index (χ0n) is 18.2. The Bertz CT molecular complexity index is 854. The molecule has 7 nitrogen and oxygen atoms in total. The van der Waals surface area contributed by atoms with Gasteiger partial charge in [-0.3, -0.25) is 4.79 Å². The molecule has 0 aliphatic carbocycles. The number of rotatable bonds is 8. The third-order valence-corrected chi connectivity index (χ3v) is 5.79. The van der Waals surface area contributed by atoms with Crippen LogP contribution in [0, 0.1) is 0 Å². The highest BCUT2D eigenvalue weighted by atomic mass is 32.2. The molecular weight excluding hydrogens is 430 g/mol. The first-order valence-electron chi connectivity index (χ1n) is 10.7. The van der Waals surface area contributed by atoms with E-state index in [1.165, 1.54) is 6.92 Å². The van der Waals surface area contributed by atoms with Crippen LogP contribution >= 0.6 is 11.8 Å². The van der Waals surface area contributed by atoms with Crippen LogP contribution in [0.25, 0.3) is 0 Å². The fraction of sp³-hybridized carbons (Fsp3) is 0.458. The number of hydrogen-bond donors (Lipinski definition) is 1. The summed E-state index contributed by atoms with van der Waals surface area (Å²) >= 11 is 1.56. The van der Waals surface area contributed by atoms with Crippen LogP contribution in [0.3, 0.4) is 0 Å². The zero-order chi connectivity index (χ0) is 22.3. The molecule has 0 saturated carbocycles. The molecule has 4 rings (SSSR count). The maximum atomic E-state index is 12.0. The lowest BCUT2D eigenvalue weighted by Crippen LogP contribution is -2.67. The van der Waals surface area contributed by atoms with Gasteiger partial charge >= 0.3 is 0 Å². The molecule has 1 N–H and O–H groups in total. The van der Waals surface area contributed by atoms with Gasteiger partial charge in [0.2, 0.25) is 5.91 Å². The van der Waals surface area contributed by atoms with Crippen LogP contribution in [0.4, 0.5) is 0 Å². The van der Waals surface area contributed by atoms with Crippen molar-refractivity contribution in [1.82, 2.24) is 5.32 Å². The summed E-state index contributed by atoms with van der Waals surface area (Å²) < 4.78 is 30.8. The molecule has 2 aromatic rings. The zero-order valence-corrected chi connectivity index (χ0v) is 19.0. The van der Waals surface area contributed by atoms with E-state index >= 15 is 0 Å². The second-order valence-corrected chi connectivity index (χ2v) is 8.59. The molecule has 2 aliphatic rings. The molecular formula is C24H29NO6S. The van der Waals surface area contributed by atoms with Crippen molar-refractivity contribution in [3.8, 4) is 0 Å². The van der Waals surface area contributed by atoms with Crippen molar-refractivity contribution in [2.24, 2.45) is 0 Å². The first kappa shape index (κ1) is 23.2. The summed E-state index contributed by atoms with van der Waals surface area (Å²) in [6, 6.07) is 19.1. The van der Waals surface area contributed by atoms with Crippen LogP contribution in [-0.4, -0.2) is 55.4 Å². The molecule has 0 unspecified atom stereocenters. The summed E-state index contributed by atoms with van der Waals surface area (Å²) in [6.07, 6.45) is -0.525. The Hall–Kier alpha value is -1.94. The van der Waals surface area contributed by atoms with E-state index in [1.807, 2.05) is 66.9 Å². The monoisotopic (exact) mass is 459 g/mol. The molecule has 2 fully saturated rings. The van der Waals surface area contributed by atoms with Gasteiger partial charge in [0.15, 0.2) is 12.6 Å². The van der Waals surface area contributed by atoms with E-state index < -0.39 is 30.8 Å². The van der Waals surface area contributed by atoms with Gasteiger partial charge in [-0.1, -0.05) is 60.7 Å². The minimum absolute atomic E-state index is 0.185. The molecule has 2 saturated heterocycles. The molecule has 32 heavy (non-hydrogen) atoms. The summed E-state index contributed by atoms with van der Waals surface area (Å²) in [5.74, 6) is 0.269. The van der Waals surface area contributed by atoms with Crippen molar-refractivity contribution >= 4 is 17.7 Å². The van der Waals surface area contributed by atoms with Crippen LogP contribution in [0.15, 0.2) is 60.7 Å². The van der Waals surface area contributed by atoms with Crippen molar-refractivity contribution < 1.29 is 28.5 Å². The number of amides is 1. The number of carbonyl (C=O) groups excluding carboxylic acids is 1. The van der Waals surface area contributed by atoms with Gasteiger partial charge in [-0.05, 0) is 11.8 Å². The van der Waals surface area contributed by atoms with Gasteiger partial charge < -0.3 is 29.0 Å². The van der Waals surface area contributed by atoms with E-state index in [0.717, 1.165) is 11.1 Å². The third-order valence-electron chi connectivity index (χ3n) is 5.42. The molecule has 2 aliphatic heterocycles. The Morgan fingerprint density at radius 1 is 1.06 bits per heavy atom. The van der Waals surface area contributed by atoms with E-state index in [-0.39, 0.29) is 12.0 Å². The third kappa shape index (κ3) is 5.70. The number of ether oxygens (including phenoxy) is 5. The second-order valence-electron chi connectivity index (χ2n) is 7.78. The number of nitrogens with one attached hydrogen (secondary N) is 1. The van der Waals surface area contributed by atoms with E-state index in [4.69, 9.17) is 23.7 Å². The highest BCUT2D eigenvalue weighted by Gasteiger charge is 2.51. The topological polar surface area (TPSA) is 75.3 Å². The lowest BCUT2D eigenvalue weighted by atomic mass is 9.95. The molecule has 6 atom stereocenters. The second kappa shape index (κ2) is 11.3. The van der Waals surface area contributed by atoms with Crippen molar-refractivity contribution in [2.75, 3.05) is 18.8 Å². The van der Waals surface area contributed by atoms with Gasteiger partial charge in [0, 0.05) is 12.5 Å². The molecule has 0 bridgehead atoms. The molecule has 0 spiro atoms. The SMILES string of the molecule is CSCO[C@@H]1[C@@H](NC(C)=O)[C@@H](OCc2ccccc2)O[C@@H]2CO[C@@H](c3ccccc3)O[C@@H]12. The Morgan fingerprint density at radius 2 is 1.78 bits per heavy atom. The van der Waals surface area contributed by atoms with Crippen LogP contribution in [0.5, 0.6) is 0 Å². The number of fused-ring (bicyclic) bond motifs is 1. The van der Waals surface area contributed by atoms with Crippen LogP contribution in [-0.2, 0) is 35.1 Å². The minimum atomic E-state index is -0.701. The number of hydrogen-bond acceptors (Lipinski definition) is 7. The Balaban J connectivity index is 1.54. The number of benzene rings is 2. The minimum Gasteiger partial charge on any atom is -0.362 e. The van der Waals surface area contributed by atoms with Crippen LogP contribution < -0.4 is 5.32 Å². The van der Waals surface area contributed by atoms with Crippen molar-refractivity contribution in [3.63, 3.8) is 0 Å². The smallest absolute Gasteiger partial charge is 0.217 e. The first-order chi connectivity index (χ1) is 15.7. The molecule has 8 heteroatoms. The molecule has 2 aromatic carbocycles. The molecule has 172 valence electrons. The van der Waals surface area contributed by atoms with Gasteiger partial charge in [0.1, 0.15) is 24.4 Å². The predicted octanol–water partition coefficient (Wildman–Crippen LogP) is 3.25.